The lowest BCUT2D eigenvalue weighted by Crippen LogP contribution is -2.43. The van der Waals surface area contributed by atoms with Crippen LogP contribution in [-0.4, -0.2) is 25.0 Å². The minimum Gasteiger partial charge on any atom is -0.467 e. The number of ether oxygens (including phenoxy) is 1. The van der Waals surface area contributed by atoms with Crippen molar-refractivity contribution in [2.24, 2.45) is 0 Å². The number of nitrogens with one attached hydrogen (secondary N) is 1. The van der Waals surface area contributed by atoms with E-state index in [0.717, 1.165) is 6.07 Å². The van der Waals surface area contributed by atoms with Gasteiger partial charge in [0.15, 0.2) is 0 Å². The Bertz CT molecular complexity index is 718. The second-order valence-electron chi connectivity index (χ2n) is 4.86. The van der Waals surface area contributed by atoms with Crippen molar-refractivity contribution < 1.29 is 23.1 Å². The standard InChI is InChI=1S/C17H15F2NO3/c1-23-17(22)15(10-11-5-2-3-8-14(11)19)20-16(21)12-6-4-7-13(18)9-12/h2-9,15H,10H2,1H3,(H,20,21)/t15-/m1/s1. The fourth-order valence-electron chi connectivity index (χ4n) is 2.09. The Morgan fingerprint density at radius 2 is 1.87 bits per heavy atom. The first-order chi connectivity index (χ1) is 11.0. The Morgan fingerprint density at radius 1 is 1.13 bits per heavy atom. The second-order valence-corrected chi connectivity index (χ2v) is 4.86. The van der Waals surface area contributed by atoms with Crippen LogP contribution in [-0.2, 0) is 16.0 Å². The molecule has 1 amide bonds. The van der Waals surface area contributed by atoms with Gasteiger partial charge in [0, 0.05) is 12.0 Å². The molecule has 0 aliphatic heterocycles. The molecule has 0 radical (unpaired) electrons. The van der Waals surface area contributed by atoms with Crippen LogP contribution in [0.4, 0.5) is 8.78 Å². The monoisotopic (exact) mass is 319 g/mol. The summed E-state index contributed by atoms with van der Waals surface area (Å²) >= 11 is 0. The van der Waals surface area contributed by atoms with Gasteiger partial charge < -0.3 is 10.1 Å². The van der Waals surface area contributed by atoms with E-state index in [2.05, 4.69) is 10.1 Å². The van der Waals surface area contributed by atoms with Crippen molar-refractivity contribution in [3.8, 4) is 0 Å². The van der Waals surface area contributed by atoms with Crippen molar-refractivity contribution in [3.63, 3.8) is 0 Å². The van der Waals surface area contributed by atoms with Gasteiger partial charge >= 0.3 is 5.97 Å². The smallest absolute Gasteiger partial charge is 0.328 e. The van der Waals surface area contributed by atoms with Crippen LogP contribution in [0.3, 0.4) is 0 Å². The highest BCUT2D eigenvalue weighted by Crippen LogP contribution is 2.11. The highest BCUT2D eigenvalue weighted by atomic mass is 19.1. The Kier molecular flexibility index (Phi) is 5.41. The zero-order chi connectivity index (χ0) is 16.8. The third-order valence-electron chi connectivity index (χ3n) is 3.26. The van der Waals surface area contributed by atoms with E-state index in [0.29, 0.717) is 0 Å². The van der Waals surface area contributed by atoms with Gasteiger partial charge in [-0.3, -0.25) is 4.79 Å². The molecule has 0 saturated carbocycles. The van der Waals surface area contributed by atoms with E-state index in [1.54, 1.807) is 6.07 Å². The third kappa shape index (κ3) is 4.35. The largest absolute Gasteiger partial charge is 0.467 e. The summed E-state index contributed by atoms with van der Waals surface area (Å²) in [6.07, 6.45) is -0.0690. The van der Waals surface area contributed by atoms with Crippen molar-refractivity contribution in [3.05, 3.63) is 71.3 Å². The van der Waals surface area contributed by atoms with Gasteiger partial charge in [-0.15, -0.1) is 0 Å². The number of halogens is 2. The first-order valence-electron chi connectivity index (χ1n) is 6.89. The Balaban J connectivity index is 2.17. The quantitative estimate of drug-likeness (QED) is 0.862. The van der Waals surface area contributed by atoms with Gasteiger partial charge in [-0.25, -0.2) is 13.6 Å². The fourth-order valence-corrected chi connectivity index (χ4v) is 2.09. The van der Waals surface area contributed by atoms with Gasteiger partial charge in [-0.05, 0) is 29.8 Å². The van der Waals surface area contributed by atoms with Gasteiger partial charge in [0.05, 0.1) is 7.11 Å². The number of benzene rings is 2. The fraction of sp³-hybridized carbons (Fsp3) is 0.176. The zero-order valence-electron chi connectivity index (χ0n) is 12.4. The highest BCUT2D eigenvalue weighted by molar-refractivity contribution is 5.96. The summed E-state index contributed by atoms with van der Waals surface area (Å²) < 4.78 is 31.5. The Hall–Kier alpha value is -2.76. The average Bonchev–Trinajstić information content (AvgIpc) is 2.55. The summed E-state index contributed by atoms with van der Waals surface area (Å²) in [5, 5.41) is 2.44. The molecular weight excluding hydrogens is 304 g/mol. The van der Waals surface area contributed by atoms with Crippen LogP contribution in [0.2, 0.25) is 0 Å². The normalized spacial score (nSPS) is 11.6. The first-order valence-corrected chi connectivity index (χ1v) is 6.89. The van der Waals surface area contributed by atoms with E-state index in [9.17, 15) is 18.4 Å². The minimum atomic E-state index is -1.08. The topological polar surface area (TPSA) is 55.4 Å². The maximum atomic E-state index is 13.7. The number of carbonyl (C=O) groups excluding carboxylic acids is 2. The van der Waals surface area contributed by atoms with Crippen molar-refractivity contribution >= 4 is 11.9 Å². The number of hydrogen-bond donors (Lipinski definition) is 1. The molecule has 0 unspecified atom stereocenters. The Labute approximate surface area is 132 Å². The molecular formula is C17H15F2NO3. The number of esters is 1. The van der Waals surface area contributed by atoms with Crippen molar-refractivity contribution in [1.82, 2.24) is 5.32 Å². The number of rotatable bonds is 5. The van der Waals surface area contributed by atoms with Crippen LogP contribution in [0.25, 0.3) is 0 Å². The summed E-state index contributed by atoms with van der Waals surface area (Å²) in [6.45, 7) is 0. The van der Waals surface area contributed by atoms with E-state index < -0.39 is 29.6 Å². The van der Waals surface area contributed by atoms with Gasteiger partial charge in [-0.1, -0.05) is 24.3 Å². The van der Waals surface area contributed by atoms with Crippen molar-refractivity contribution in [2.75, 3.05) is 7.11 Å². The summed E-state index contributed by atoms with van der Waals surface area (Å²) in [7, 11) is 1.17. The molecule has 0 aromatic heterocycles. The van der Waals surface area contributed by atoms with Crippen LogP contribution >= 0.6 is 0 Å². The molecule has 2 aromatic carbocycles. The molecule has 2 rings (SSSR count). The molecule has 4 nitrogen and oxygen atoms in total. The molecule has 2 aromatic rings. The molecule has 0 heterocycles. The van der Waals surface area contributed by atoms with Crippen LogP contribution in [0.15, 0.2) is 48.5 Å². The average molecular weight is 319 g/mol. The molecule has 0 saturated heterocycles. The lowest BCUT2D eigenvalue weighted by atomic mass is 10.0. The zero-order valence-corrected chi connectivity index (χ0v) is 12.4. The molecule has 0 bridgehead atoms. The van der Waals surface area contributed by atoms with E-state index in [1.165, 1.54) is 43.5 Å². The number of methoxy groups -OCH3 is 1. The predicted octanol–water partition coefficient (Wildman–Crippen LogP) is 2.48. The van der Waals surface area contributed by atoms with E-state index in [1.807, 2.05) is 0 Å². The van der Waals surface area contributed by atoms with Crippen LogP contribution in [0.1, 0.15) is 15.9 Å². The van der Waals surface area contributed by atoms with Crippen LogP contribution in [0, 0.1) is 11.6 Å². The summed E-state index contributed by atoms with van der Waals surface area (Å²) in [6, 6.07) is 9.90. The van der Waals surface area contributed by atoms with Crippen LogP contribution < -0.4 is 5.32 Å². The van der Waals surface area contributed by atoms with Crippen LogP contribution in [0.5, 0.6) is 0 Å². The number of amides is 1. The lowest BCUT2D eigenvalue weighted by molar-refractivity contribution is -0.142. The van der Waals surface area contributed by atoms with Gasteiger partial charge in [0.1, 0.15) is 17.7 Å². The first kappa shape index (κ1) is 16.6. The highest BCUT2D eigenvalue weighted by Gasteiger charge is 2.23. The molecule has 0 aliphatic carbocycles. The maximum Gasteiger partial charge on any atom is 0.328 e. The SMILES string of the molecule is COC(=O)[C@@H](Cc1ccccc1F)NC(=O)c1cccc(F)c1. The molecule has 0 aliphatic rings. The molecule has 6 heteroatoms. The molecule has 1 atom stereocenters. The summed E-state index contributed by atoms with van der Waals surface area (Å²) in [5.41, 5.74) is 0.329. The van der Waals surface area contributed by atoms with E-state index >= 15 is 0 Å². The number of carbonyl (C=O) groups is 2. The molecule has 0 fully saturated rings. The number of hydrogen-bond acceptors (Lipinski definition) is 3. The Morgan fingerprint density at radius 3 is 2.52 bits per heavy atom. The minimum absolute atomic E-state index is 0.0624. The molecule has 23 heavy (non-hydrogen) atoms. The molecule has 120 valence electrons. The lowest BCUT2D eigenvalue weighted by Gasteiger charge is -2.17. The second kappa shape index (κ2) is 7.49. The predicted molar refractivity (Wildman–Crippen MR) is 79.8 cm³/mol. The maximum absolute atomic E-state index is 13.7. The third-order valence-corrected chi connectivity index (χ3v) is 3.26. The molecule has 1 N–H and O–H groups in total. The summed E-state index contributed by atoms with van der Waals surface area (Å²) in [5.74, 6) is -2.41. The van der Waals surface area contributed by atoms with Crippen molar-refractivity contribution in [1.29, 1.82) is 0 Å². The van der Waals surface area contributed by atoms with E-state index in [4.69, 9.17) is 0 Å². The van der Waals surface area contributed by atoms with Gasteiger partial charge in [0.2, 0.25) is 0 Å². The molecule has 0 spiro atoms. The van der Waals surface area contributed by atoms with Crippen molar-refractivity contribution in [2.45, 2.75) is 12.5 Å². The van der Waals surface area contributed by atoms with E-state index in [-0.39, 0.29) is 17.5 Å². The van der Waals surface area contributed by atoms with Gasteiger partial charge in [0.25, 0.3) is 5.91 Å². The summed E-state index contributed by atoms with van der Waals surface area (Å²) in [4.78, 5) is 24.0. The van der Waals surface area contributed by atoms with Gasteiger partial charge in [-0.2, -0.15) is 0 Å².